The van der Waals surface area contributed by atoms with E-state index < -0.39 is 0 Å². The van der Waals surface area contributed by atoms with Gasteiger partial charge in [-0.25, -0.2) is 0 Å². The molecule has 1 aromatic rings. The molecular formula is C15H23NO. The molecule has 3 atom stereocenters. The van der Waals surface area contributed by atoms with Gasteiger partial charge in [-0.2, -0.15) is 0 Å². The average Bonchev–Trinajstić information content (AvgIpc) is 2.85. The van der Waals surface area contributed by atoms with Crippen molar-refractivity contribution in [3.8, 4) is 0 Å². The minimum atomic E-state index is -0.378. The highest BCUT2D eigenvalue weighted by Gasteiger charge is 2.23. The maximum absolute atomic E-state index is 10.0. The van der Waals surface area contributed by atoms with E-state index in [2.05, 4.69) is 12.2 Å². The van der Waals surface area contributed by atoms with Gasteiger partial charge in [0.25, 0.3) is 0 Å². The van der Waals surface area contributed by atoms with Crippen molar-refractivity contribution in [3.63, 3.8) is 0 Å². The third-order valence-corrected chi connectivity index (χ3v) is 3.90. The molecule has 2 N–H and O–H groups in total. The van der Waals surface area contributed by atoms with E-state index in [0.717, 1.165) is 11.5 Å². The van der Waals surface area contributed by atoms with Crippen LogP contribution in [0, 0.1) is 5.92 Å². The molecule has 0 amide bonds. The van der Waals surface area contributed by atoms with Crippen LogP contribution in [0.2, 0.25) is 0 Å². The lowest BCUT2D eigenvalue weighted by Crippen LogP contribution is -2.30. The largest absolute Gasteiger partial charge is 0.387 e. The highest BCUT2D eigenvalue weighted by Crippen LogP contribution is 2.28. The van der Waals surface area contributed by atoms with Crippen LogP contribution in [0.1, 0.15) is 44.3 Å². The molecule has 1 aliphatic carbocycles. The van der Waals surface area contributed by atoms with E-state index in [1.165, 1.54) is 25.7 Å². The Hall–Kier alpha value is -0.860. The second-order valence-electron chi connectivity index (χ2n) is 5.12. The SMILES string of the molecule is CCC1CCC(NCC(O)c2ccccc2)C1. The standard InChI is InChI=1S/C15H23NO/c1-2-12-8-9-14(10-12)16-11-15(17)13-6-4-3-5-7-13/h3-7,12,14-17H,2,8-11H2,1H3. The summed E-state index contributed by atoms with van der Waals surface area (Å²) in [6, 6.07) is 10.5. The van der Waals surface area contributed by atoms with Crippen LogP contribution in [0.4, 0.5) is 0 Å². The van der Waals surface area contributed by atoms with Gasteiger partial charge in [0.05, 0.1) is 6.10 Å². The zero-order chi connectivity index (χ0) is 12.1. The molecule has 0 aliphatic heterocycles. The van der Waals surface area contributed by atoms with E-state index in [1.54, 1.807) is 0 Å². The van der Waals surface area contributed by atoms with Crippen LogP contribution in [0.15, 0.2) is 30.3 Å². The predicted molar refractivity (Wildman–Crippen MR) is 70.8 cm³/mol. The summed E-state index contributed by atoms with van der Waals surface area (Å²) >= 11 is 0. The van der Waals surface area contributed by atoms with Gasteiger partial charge in [0, 0.05) is 12.6 Å². The Kier molecular flexibility index (Phi) is 4.57. The van der Waals surface area contributed by atoms with Gasteiger partial charge in [-0.15, -0.1) is 0 Å². The van der Waals surface area contributed by atoms with E-state index in [4.69, 9.17) is 0 Å². The molecule has 1 saturated carbocycles. The lowest BCUT2D eigenvalue weighted by molar-refractivity contribution is 0.169. The third kappa shape index (κ3) is 3.55. The number of hydrogen-bond acceptors (Lipinski definition) is 2. The van der Waals surface area contributed by atoms with Crippen LogP contribution in [0.25, 0.3) is 0 Å². The number of benzene rings is 1. The van der Waals surface area contributed by atoms with Crippen molar-refractivity contribution in [1.29, 1.82) is 0 Å². The average molecular weight is 233 g/mol. The maximum Gasteiger partial charge on any atom is 0.0914 e. The smallest absolute Gasteiger partial charge is 0.0914 e. The molecule has 1 fully saturated rings. The van der Waals surface area contributed by atoms with Gasteiger partial charge in [-0.1, -0.05) is 43.7 Å². The first-order chi connectivity index (χ1) is 8.29. The van der Waals surface area contributed by atoms with Crippen LogP contribution >= 0.6 is 0 Å². The second kappa shape index (κ2) is 6.18. The molecule has 3 unspecified atom stereocenters. The van der Waals surface area contributed by atoms with Crippen molar-refractivity contribution in [2.45, 2.75) is 44.8 Å². The lowest BCUT2D eigenvalue weighted by atomic mass is 10.1. The highest BCUT2D eigenvalue weighted by molar-refractivity contribution is 5.17. The highest BCUT2D eigenvalue weighted by atomic mass is 16.3. The van der Waals surface area contributed by atoms with Crippen LogP contribution in [0.5, 0.6) is 0 Å². The van der Waals surface area contributed by atoms with Gasteiger partial charge in [0.15, 0.2) is 0 Å². The summed E-state index contributed by atoms with van der Waals surface area (Å²) in [4.78, 5) is 0. The molecule has 2 nitrogen and oxygen atoms in total. The quantitative estimate of drug-likeness (QED) is 0.819. The summed E-state index contributed by atoms with van der Waals surface area (Å²) in [7, 11) is 0. The second-order valence-corrected chi connectivity index (χ2v) is 5.12. The maximum atomic E-state index is 10.0. The van der Waals surface area contributed by atoms with Gasteiger partial charge in [0.1, 0.15) is 0 Å². The van der Waals surface area contributed by atoms with E-state index >= 15 is 0 Å². The van der Waals surface area contributed by atoms with Crippen molar-refractivity contribution in [3.05, 3.63) is 35.9 Å². The van der Waals surface area contributed by atoms with E-state index in [-0.39, 0.29) is 6.10 Å². The predicted octanol–water partition coefficient (Wildman–Crippen LogP) is 2.89. The van der Waals surface area contributed by atoms with Crippen LogP contribution in [-0.2, 0) is 0 Å². The zero-order valence-corrected chi connectivity index (χ0v) is 10.6. The Bertz CT molecular complexity index is 325. The first-order valence-corrected chi connectivity index (χ1v) is 6.76. The monoisotopic (exact) mass is 233 g/mol. The molecule has 2 heteroatoms. The lowest BCUT2D eigenvalue weighted by Gasteiger charge is -2.16. The minimum absolute atomic E-state index is 0.378. The number of aliphatic hydroxyl groups excluding tert-OH is 1. The molecule has 0 radical (unpaired) electrons. The molecule has 17 heavy (non-hydrogen) atoms. The van der Waals surface area contributed by atoms with Gasteiger partial charge >= 0.3 is 0 Å². The summed E-state index contributed by atoms with van der Waals surface area (Å²) in [5.41, 5.74) is 1.00. The minimum Gasteiger partial charge on any atom is -0.387 e. The van der Waals surface area contributed by atoms with Crippen molar-refractivity contribution >= 4 is 0 Å². The van der Waals surface area contributed by atoms with E-state index in [9.17, 15) is 5.11 Å². The van der Waals surface area contributed by atoms with Crippen molar-refractivity contribution in [2.75, 3.05) is 6.54 Å². The Labute approximate surface area is 104 Å². The van der Waals surface area contributed by atoms with Crippen LogP contribution in [0.3, 0.4) is 0 Å². The summed E-state index contributed by atoms with van der Waals surface area (Å²) in [5, 5.41) is 13.5. The summed E-state index contributed by atoms with van der Waals surface area (Å²) < 4.78 is 0. The topological polar surface area (TPSA) is 32.3 Å². The number of hydrogen-bond donors (Lipinski definition) is 2. The van der Waals surface area contributed by atoms with E-state index in [1.807, 2.05) is 30.3 Å². The number of rotatable bonds is 5. The Morgan fingerprint density at radius 3 is 2.71 bits per heavy atom. The normalized spacial score (nSPS) is 26.0. The van der Waals surface area contributed by atoms with Crippen molar-refractivity contribution in [2.24, 2.45) is 5.92 Å². The van der Waals surface area contributed by atoms with Gasteiger partial charge < -0.3 is 10.4 Å². The third-order valence-electron chi connectivity index (χ3n) is 3.90. The molecule has 1 aliphatic rings. The van der Waals surface area contributed by atoms with Crippen molar-refractivity contribution < 1.29 is 5.11 Å². The number of nitrogens with one attached hydrogen (secondary N) is 1. The fourth-order valence-electron chi connectivity index (χ4n) is 2.70. The first kappa shape index (κ1) is 12.6. The van der Waals surface area contributed by atoms with Gasteiger partial charge in [-0.3, -0.25) is 0 Å². The van der Waals surface area contributed by atoms with Crippen LogP contribution in [-0.4, -0.2) is 17.7 Å². The molecule has 2 rings (SSSR count). The molecule has 0 saturated heterocycles. The molecule has 0 aromatic heterocycles. The molecule has 94 valence electrons. The zero-order valence-electron chi connectivity index (χ0n) is 10.6. The molecular weight excluding hydrogens is 210 g/mol. The summed E-state index contributed by atoms with van der Waals surface area (Å²) in [6.07, 6.45) is 4.80. The summed E-state index contributed by atoms with van der Waals surface area (Å²) in [6.45, 7) is 2.94. The Morgan fingerprint density at radius 1 is 1.29 bits per heavy atom. The Morgan fingerprint density at radius 2 is 2.06 bits per heavy atom. The molecule has 0 bridgehead atoms. The van der Waals surface area contributed by atoms with E-state index in [0.29, 0.717) is 12.6 Å². The number of aliphatic hydroxyl groups is 1. The van der Waals surface area contributed by atoms with Gasteiger partial charge in [0.2, 0.25) is 0 Å². The molecule has 0 heterocycles. The summed E-state index contributed by atoms with van der Waals surface area (Å²) in [5.74, 6) is 0.890. The fraction of sp³-hybridized carbons (Fsp3) is 0.600. The first-order valence-electron chi connectivity index (χ1n) is 6.76. The fourth-order valence-corrected chi connectivity index (χ4v) is 2.70. The van der Waals surface area contributed by atoms with Gasteiger partial charge in [-0.05, 0) is 30.7 Å². The van der Waals surface area contributed by atoms with Crippen molar-refractivity contribution in [1.82, 2.24) is 5.32 Å². The Balaban J connectivity index is 1.75. The van der Waals surface area contributed by atoms with Crippen LogP contribution < -0.4 is 5.32 Å². The molecule has 0 spiro atoms. The molecule has 1 aromatic carbocycles.